The van der Waals surface area contributed by atoms with Crippen LogP contribution in [-0.4, -0.2) is 76.7 Å². The summed E-state index contributed by atoms with van der Waals surface area (Å²) in [5, 5.41) is 17.2. The van der Waals surface area contributed by atoms with Crippen molar-refractivity contribution < 1.29 is 43.2 Å². The summed E-state index contributed by atoms with van der Waals surface area (Å²) in [7, 11) is 0. The molecular weight excluding hydrogens is 735 g/mol. The Kier molecular flexibility index (Phi) is 8.85. The van der Waals surface area contributed by atoms with Gasteiger partial charge in [0.25, 0.3) is 0 Å². The van der Waals surface area contributed by atoms with Crippen LogP contribution in [0, 0.1) is 23.2 Å². The van der Waals surface area contributed by atoms with E-state index in [0.717, 1.165) is 19.5 Å². The minimum Gasteiger partial charge on any atom is -0.486 e. The van der Waals surface area contributed by atoms with E-state index in [9.17, 15) is 19.5 Å². The fourth-order valence-electron chi connectivity index (χ4n) is 10.3. The van der Waals surface area contributed by atoms with Gasteiger partial charge in [0.15, 0.2) is 11.9 Å². The summed E-state index contributed by atoms with van der Waals surface area (Å²) in [6.07, 6.45) is 5.79. The summed E-state index contributed by atoms with van der Waals surface area (Å²) in [5.41, 5.74) is -0.00446. The zero-order valence-electron chi connectivity index (χ0n) is 30.2. The number of likely N-dealkylation sites (tertiary alicyclic amines) is 1. The maximum absolute atomic E-state index is 13.8. The molecule has 3 saturated carbocycles. The highest BCUT2D eigenvalue weighted by Crippen LogP contribution is 2.70. The number of nitrogens with zero attached hydrogens (tertiary/aromatic N) is 1. The smallest absolute Gasteiger partial charge is 0.338 e. The number of allylic oxidation sites excluding steroid dienone is 3. The number of hydrogen-bond donors (Lipinski definition) is 2. The first kappa shape index (κ1) is 36.1. The molecule has 2 aromatic carbocycles. The first-order valence-corrected chi connectivity index (χ1v) is 19.8. The molecular formula is C41H44Cl2N2O9. The average Bonchev–Trinajstić information content (AvgIpc) is 3.80. The van der Waals surface area contributed by atoms with Crippen molar-refractivity contribution in [3.63, 3.8) is 0 Å². The average molecular weight is 780 g/mol. The molecule has 2 bridgehead atoms. The third-order valence-electron chi connectivity index (χ3n) is 12.7. The van der Waals surface area contributed by atoms with Gasteiger partial charge in [-0.2, -0.15) is 0 Å². The summed E-state index contributed by atoms with van der Waals surface area (Å²) in [5.74, 6) is -1.57. The number of benzene rings is 2. The molecule has 7 aliphatic rings. The number of carbonyl (C=O) groups is 3. The van der Waals surface area contributed by atoms with E-state index < -0.39 is 53.0 Å². The van der Waals surface area contributed by atoms with Gasteiger partial charge in [-0.05, 0) is 86.7 Å². The Labute approximate surface area is 323 Å². The Morgan fingerprint density at radius 2 is 1.81 bits per heavy atom. The van der Waals surface area contributed by atoms with Gasteiger partial charge < -0.3 is 34.1 Å². The molecule has 11 nitrogen and oxygen atoms in total. The number of aliphatic hydroxyl groups is 1. The summed E-state index contributed by atoms with van der Waals surface area (Å²) in [4.78, 5) is 42.1. The highest BCUT2D eigenvalue weighted by Gasteiger charge is 2.77. The van der Waals surface area contributed by atoms with Crippen molar-refractivity contribution in [2.45, 2.75) is 101 Å². The van der Waals surface area contributed by atoms with Crippen molar-refractivity contribution in [1.29, 1.82) is 0 Å². The van der Waals surface area contributed by atoms with Crippen LogP contribution >= 0.6 is 23.2 Å². The maximum Gasteiger partial charge on any atom is 0.338 e. The minimum absolute atomic E-state index is 0.0309. The van der Waals surface area contributed by atoms with Crippen molar-refractivity contribution in [3.05, 3.63) is 81.7 Å². The molecule has 4 aliphatic carbocycles. The Bertz CT molecular complexity index is 1940. The lowest BCUT2D eigenvalue weighted by Gasteiger charge is -2.66. The second-order valence-corrected chi connectivity index (χ2v) is 17.2. The number of piperidine rings is 1. The quantitative estimate of drug-likeness (QED) is 0.199. The molecule has 3 heterocycles. The number of para-hydroxylation sites is 2. The fourth-order valence-corrected chi connectivity index (χ4v) is 10.8. The normalized spacial score (nSPS) is 34.5. The van der Waals surface area contributed by atoms with Crippen molar-refractivity contribution >= 4 is 52.5 Å². The number of carbonyl (C=O) groups excluding carboxylic acids is 3. The largest absolute Gasteiger partial charge is 0.486 e. The number of ether oxygens (including phenoxy) is 5. The highest BCUT2D eigenvalue weighted by molar-refractivity contribution is 6.39. The molecule has 13 heteroatoms. The molecule has 286 valence electrons. The lowest BCUT2D eigenvalue weighted by molar-refractivity contribution is -0.270. The molecule has 6 fully saturated rings. The molecule has 2 aromatic rings. The number of hydrogen-bond acceptors (Lipinski definition) is 11. The van der Waals surface area contributed by atoms with Crippen LogP contribution in [0.2, 0.25) is 10.0 Å². The minimum atomic E-state index is -1.12. The lowest BCUT2D eigenvalue weighted by Crippen LogP contribution is -2.77. The predicted octanol–water partition coefficient (Wildman–Crippen LogP) is 6.61. The molecule has 54 heavy (non-hydrogen) atoms. The first-order chi connectivity index (χ1) is 25.8. The van der Waals surface area contributed by atoms with Gasteiger partial charge in [0.1, 0.15) is 18.0 Å². The van der Waals surface area contributed by atoms with Crippen LogP contribution in [0.5, 0.6) is 0 Å². The van der Waals surface area contributed by atoms with Gasteiger partial charge in [-0.15, -0.1) is 0 Å². The van der Waals surface area contributed by atoms with E-state index in [1.165, 1.54) is 12.8 Å². The number of cyclic esters (lactones) is 1. The lowest BCUT2D eigenvalue weighted by atomic mass is 9.44. The second-order valence-electron chi connectivity index (χ2n) is 16.4. The second kappa shape index (κ2) is 13.3. The summed E-state index contributed by atoms with van der Waals surface area (Å²) in [6.45, 7) is 4.99. The monoisotopic (exact) mass is 778 g/mol. The van der Waals surface area contributed by atoms with E-state index in [-0.39, 0.29) is 30.7 Å². The Morgan fingerprint density at radius 1 is 1.04 bits per heavy atom. The van der Waals surface area contributed by atoms with Crippen LogP contribution in [0.3, 0.4) is 0 Å². The van der Waals surface area contributed by atoms with Crippen LogP contribution in [-0.2, 0) is 44.5 Å². The van der Waals surface area contributed by atoms with E-state index in [4.69, 9.17) is 46.9 Å². The van der Waals surface area contributed by atoms with Gasteiger partial charge in [0.2, 0.25) is 5.79 Å². The topological polar surface area (TPSA) is 133 Å². The Balaban J connectivity index is 0.997. The van der Waals surface area contributed by atoms with E-state index in [2.05, 4.69) is 16.3 Å². The zero-order chi connectivity index (χ0) is 37.6. The zero-order valence-corrected chi connectivity index (χ0v) is 31.7. The van der Waals surface area contributed by atoms with Crippen LogP contribution < -0.4 is 5.32 Å². The van der Waals surface area contributed by atoms with Gasteiger partial charge >= 0.3 is 17.9 Å². The summed E-state index contributed by atoms with van der Waals surface area (Å²) >= 11 is 12.9. The van der Waals surface area contributed by atoms with Gasteiger partial charge in [0.05, 0.1) is 39.6 Å². The first-order valence-electron chi connectivity index (χ1n) is 19.0. The SMILES string of the molecule is CC1(C)OC(=O)C(CC(=O)OC2CC[C@@]3(O)C4CC5C=CC(OC(=O)Cc6ccccc6Nc6c(Cl)cccc6Cl)=C6OC2C3(CCN4CC2CC2)C65)O1. The number of rotatable bonds is 10. The van der Waals surface area contributed by atoms with Crippen molar-refractivity contribution in [1.82, 2.24) is 4.90 Å². The molecule has 0 radical (unpaired) electrons. The number of nitrogens with one attached hydrogen (secondary N) is 1. The predicted molar refractivity (Wildman–Crippen MR) is 197 cm³/mol. The number of esters is 3. The molecule has 1 spiro atoms. The molecule has 9 rings (SSSR count). The van der Waals surface area contributed by atoms with E-state index >= 15 is 0 Å². The van der Waals surface area contributed by atoms with E-state index in [1.807, 2.05) is 30.3 Å². The molecule has 2 N–H and O–H groups in total. The van der Waals surface area contributed by atoms with Gasteiger partial charge in [-0.1, -0.05) is 53.5 Å². The molecule has 0 aromatic heterocycles. The molecule has 3 saturated heterocycles. The van der Waals surface area contributed by atoms with Crippen molar-refractivity contribution in [3.8, 4) is 0 Å². The third-order valence-corrected chi connectivity index (χ3v) is 13.3. The van der Waals surface area contributed by atoms with Crippen LogP contribution in [0.25, 0.3) is 0 Å². The van der Waals surface area contributed by atoms with Gasteiger partial charge in [0, 0.05) is 38.0 Å². The van der Waals surface area contributed by atoms with E-state index in [1.54, 1.807) is 32.0 Å². The van der Waals surface area contributed by atoms with Gasteiger partial charge in [-0.3, -0.25) is 14.5 Å². The van der Waals surface area contributed by atoms with Crippen molar-refractivity contribution in [2.24, 2.45) is 23.2 Å². The number of halogens is 2. The maximum atomic E-state index is 13.8. The van der Waals surface area contributed by atoms with Crippen LogP contribution in [0.1, 0.15) is 64.4 Å². The molecule has 8 atom stereocenters. The van der Waals surface area contributed by atoms with Crippen LogP contribution in [0.4, 0.5) is 11.4 Å². The third kappa shape index (κ3) is 6.02. The fraction of sp³-hybridized carbons (Fsp3) is 0.537. The summed E-state index contributed by atoms with van der Waals surface area (Å²) < 4.78 is 30.1. The van der Waals surface area contributed by atoms with Crippen LogP contribution in [0.15, 0.2) is 66.1 Å². The van der Waals surface area contributed by atoms with E-state index in [0.29, 0.717) is 63.7 Å². The Hall–Kier alpha value is -3.61. The highest BCUT2D eigenvalue weighted by atomic mass is 35.5. The molecule has 0 amide bonds. The van der Waals surface area contributed by atoms with Crippen molar-refractivity contribution in [2.75, 3.05) is 18.4 Å². The molecule has 7 unspecified atom stereocenters. The van der Waals surface area contributed by atoms with Gasteiger partial charge in [-0.25, -0.2) is 4.79 Å². The molecule has 3 aliphatic heterocycles. The summed E-state index contributed by atoms with van der Waals surface area (Å²) in [6, 6.07) is 12.5. The Morgan fingerprint density at radius 3 is 2.56 bits per heavy atom. The standard InChI is InChI=1S/C41H44Cl2N2O9/c1-39(2)53-30(38(48)54-39)20-33(47)51-29-14-15-41(49)31-18-24-12-13-28(36-34(24)40(41,37(29)52-36)16-17-45(31)21-22-10-11-22)50-32(46)19-23-6-3-4-9-27(23)44-35-25(42)7-5-8-26(35)43/h3-9,12-13,22,24,29-31,34,37,44,49H,10-11,14-21H2,1-2H3/t24?,29?,30?,31?,34?,37?,40?,41-/m1/s1. The number of anilines is 2.